The standard InChI is InChI=1S/C23H22F3N5O3/c1-14-27-10-17(11-28-14)20-8-16(9-29-21(20)31-7-6-15(12-31)13-32)22(33)30-18-2-4-19(5-3-18)34-23(24,25)26/h2-5,8-11,15,32H,6-7,12-13H2,1H3,(H,30,33). The smallest absolute Gasteiger partial charge is 0.406 e. The highest BCUT2D eigenvalue weighted by atomic mass is 19.4. The van der Waals surface area contributed by atoms with Gasteiger partial charge in [-0.2, -0.15) is 0 Å². The van der Waals surface area contributed by atoms with Crippen molar-refractivity contribution in [2.45, 2.75) is 19.7 Å². The number of anilines is 2. The third-order valence-corrected chi connectivity index (χ3v) is 5.41. The summed E-state index contributed by atoms with van der Waals surface area (Å²) in [5, 5.41) is 12.1. The number of rotatable bonds is 6. The zero-order chi connectivity index (χ0) is 24.3. The van der Waals surface area contributed by atoms with Gasteiger partial charge in [-0.1, -0.05) is 0 Å². The minimum absolute atomic E-state index is 0.0900. The van der Waals surface area contributed by atoms with Crippen molar-refractivity contribution in [2.24, 2.45) is 5.92 Å². The Bertz CT molecular complexity index is 1150. The molecule has 0 bridgehead atoms. The van der Waals surface area contributed by atoms with Crippen LogP contribution in [0.5, 0.6) is 5.75 Å². The number of aryl methyl sites for hydroxylation is 1. The van der Waals surface area contributed by atoms with Gasteiger partial charge in [-0.15, -0.1) is 13.2 Å². The number of hydrogen-bond acceptors (Lipinski definition) is 7. The highest BCUT2D eigenvalue weighted by Gasteiger charge is 2.31. The van der Waals surface area contributed by atoms with Crippen LogP contribution in [0.2, 0.25) is 0 Å². The molecule has 178 valence electrons. The zero-order valence-electron chi connectivity index (χ0n) is 18.2. The van der Waals surface area contributed by atoms with Gasteiger partial charge in [0.05, 0.1) is 5.56 Å². The van der Waals surface area contributed by atoms with Crippen LogP contribution in [0.25, 0.3) is 11.1 Å². The highest BCUT2D eigenvalue weighted by Crippen LogP contribution is 2.33. The molecule has 34 heavy (non-hydrogen) atoms. The van der Waals surface area contributed by atoms with Gasteiger partial charge in [0.2, 0.25) is 0 Å². The van der Waals surface area contributed by atoms with E-state index in [2.05, 4.69) is 29.9 Å². The Hall–Kier alpha value is -3.73. The molecule has 2 N–H and O–H groups in total. The molecule has 4 rings (SSSR count). The third-order valence-electron chi connectivity index (χ3n) is 5.41. The molecule has 1 atom stereocenters. The summed E-state index contributed by atoms with van der Waals surface area (Å²) in [6.07, 6.45) is 0.794. The quantitative estimate of drug-likeness (QED) is 0.561. The number of amides is 1. The van der Waals surface area contributed by atoms with Gasteiger partial charge in [0.25, 0.3) is 5.91 Å². The van der Waals surface area contributed by atoms with E-state index in [1.165, 1.54) is 18.3 Å². The average Bonchev–Trinajstić information content (AvgIpc) is 3.29. The second-order valence-corrected chi connectivity index (χ2v) is 7.92. The number of aliphatic hydroxyl groups is 1. The number of nitrogens with one attached hydrogen (secondary N) is 1. The summed E-state index contributed by atoms with van der Waals surface area (Å²) in [5.41, 5.74) is 1.91. The lowest BCUT2D eigenvalue weighted by Gasteiger charge is -2.21. The van der Waals surface area contributed by atoms with E-state index in [1.807, 2.05) is 0 Å². The Kier molecular flexibility index (Phi) is 6.64. The second kappa shape index (κ2) is 9.64. The molecule has 1 fully saturated rings. The molecule has 3 heterocycles. The molecular weight excluding hydrogens is 451 g/mol. The van der Waals surface area contributed by atoms with Gasteiger partial charge in [-0.3, -0.25) is 4.79 Å². The monoisotopic (exact) mass is 473 g/mol. The number of carbonyl (C=O) groups excluding carboxylic acids is 1. The van der Waals surface area contributed by atoms with Crippen LogP contribution >= 0.6 is 0 Å². The van der Waals surface area contributed by atoms with E-state index >= 15 is 0 Å². The Morgan fingerprint density at radius 1 is 1.18 bits per heavy atom. The SMILES string of the molecule is Cc1ncc(-c2cc(C(=O)Nc3ccc(OC(F)(F)F)cc3)cnc2N2CCC(CO)C2)cn1. The van der Waals surface area contributed by atoms with Gasteiger partial charge in [-0.05, 0) is 43.7 Å². The number of benzene rings is 1. The number of pyridine rings is 1. The Balaban J connectivity index is 1.59. The molecule has 11 heteroatoms. The number of nitrogens with zero attached hydrogens (tertiary/aromatic N) is 4. The maximum atomic E-state index is 12.9. The summed E-state index contributed by atoms with van der Waals surface area (Å²) >= 11 is 0. The molecule has 1 aliphatic heterocycles. The Morgan fingerprint density at radius 2 is 1.88 bits per heavy atom. The molecule has 0 spiro atoms. The van der Waals surface area contributed by atoms with Crippen molar-refractivity contribution in [1.82, 2.24) is 15.0 Å². The summed E-state index contributed by atoms with van der Waals surface area (Å²) in [5.74, 6) is 0.550. The first kappa shape index (κ1) is 23.4. The molecular formula is C23H22F3N5O3. The molecule has 0 saturated carbocycles. The predicted octanol–water partition coefficient (Wildman–Crippen LogP) is 3.82. The molecule has 0 radical (unpaired) electrons. The van der Waals surface area contributed by atoms with Crippen LogP contribution in [-0.4, -0.2) is 52.0 Å². The maximum absolute atomic E-state index is 12.9. The van der Waals surface area contributed by atoms with Crippen LogP contribution < -0.4 is 15.0 Å². The fourth-order valence-electron chi connectivity index (χ4n) is 3.70. The molecule has 0 aliphatic carbocycles. The van der Waals surface area contributed by atoms with E-state index in [4.69, 9.17) is 0 Å². The molecule has 1 aromatic carbocycles. The van der Waals surface area contributed by atoms with Gasteiger partial charge in [0, 0.05) is 61.0 Å². The number of carbonyl (C=O) groups is 1. The van der Waals surface area contributed by atoms with E-state index in [-0.39, 0.29) is 23.8 Å². The fraction of sp³-hybridized carbons (Fsp3) is 0.304. The van der Waals surface area contributed by atoms with Gasteiger partial charge in [0.1, 0.15) is 17.4 Å². The van der Waals surface area contributed by atoms with Crippen molar-refractivity contribution >= 4 is 17.4 Å². The van der Waals surface area contributed by atoms with Crippen molar-refractivity contribution in [3.8, 4) is 16.9 Å². The molecule has 3 aromatic rings. The van der Waals surface area contributed by atoms with Crippen LogP contribution in [0.4, 0.5) is 24.7 Å². The average molecular weight is 473 g/mol. The van der Waals surface area contributed by atoms with Crippen LogP contribution in [0.3, 0.4) is 0 Å². The van der Waals surface area contributed by atoms with Crippen molar-refractivity contribution < 1.29 is 27.8 Å². The fourth-order valence-corrected chi connectivity index (χ4v) is 3.70. The van der Waals surface area contributed by atoms with Crippen LogP contribution in [-0.2, 0) is 0 Å². The number of hydrogen-bond donors (Lipinski definition) is 2. The lowest BCUT2D eigenvalue weighted by atomic mass is 10.1. The van der Waals surface area contributed by atoms with Gasteiger partial charge in [-0.25, -0.2) is 15.0 Å². The lowest BCUT2D eigenvalue weighted by Crippen LogP contribution is -2.23. The summed E-state index contributed by atoms with van der Waals surface area (Å²) in [7, 11) is 0. The molecule has 2 aromatic heterocycles. The van der Waals surface area contributed by atoms with E-state index < -0.39 is 12.3 Å². The minimum Gasteiger partial charge on any atom is -0.406 e. The summed E-state index contributed by atoms with van der Waals surface area (Å²) in [4.78, 5) is 27.9. The number of alkyl halides is 3. The number of halogens is 3. The second-order valence-electron chi connectivity index (χ2n) is 7.92. The van der Waals surface area contributed by atoms with E-state index in [0.29, 0.717) is 35.0 Å². The van der Waals surface area contributed by atoms with Crippen molar-refractivity contribution in [3.63, 3.8) is 0 Å². The Morgan fingerprint density at radius 3 is 2.50 bits per heavy atom. The van der Waals surface area contributed by atoms with Gasteiger partial charge >= 0.3 is 6.36 Å². The molecule has 1 aliphatic rings. The molecule has 1 amide bonds. The van der Waals surface area contributed by atoms with Gasteiger partial charge in [0.15, 0.2) is 0 Å². The lowest BCUT2D eigenvalue weighted by molar-refractivity contribution is -0.274. The number of aromatic nitrogens is 3. The first-order valence-corrected chi connectivity index (χ1v) is 10.5. The van der Waals surface area contributed by atoms with Crippen molar-refractivity contribution in [3.05, 3.63) is 60.3 Å². The first-order chi connectivity index (χ1) is 16.2. The van der Waals surface area contributed by atoms with Crippen LogP contribution in [0.1, 0.15) is 22.6 Å². The number of ether oxygens (including phenoxy) is 1. The normalized spacial score (nSPS) is 15.9. The minimum atomic E-state index is -4.79. The third kappa shape index (κ3) is 5.60. The number of aliphatic hydroxyl groups excluding tert-OH is 1. The van der Waals surface area contributed by atoms with Crippen LogP contribution in [0.15, 0.2) is 48.9 Å². The zero-order valence-corrected chi connectivity index (χ0v) is 18.2. The van der Waals surface area contributed by atoms with Crippen molar-refractivity contribution in [1.29, 1.82) is 0 Å². The van der Waals surface area contributed by atoms with E-state index in [9.17, 15) is 23.1 Å². The molecule has 1 saturated heterocycles. The topological polar surface area (TPSA) is 100 Å². The van der Waals surface area contributed by atoms with Gasteiger partial charge < -0.3 is 20.1 Å². The van der Waals surface area contributed by atoms with E-state index in [0.717, 1.165) is 25.1 Å². The maximum Gasteiger partial charge on any atom is 0.573 e. The van der Waals surface area contributed by atoms with Crippen LogP contribution in [0, 0.1) is 12.8 Å². The highest BCUT2D eigenvalue weighted by molar-refractivity contribution is 6.05. The first-order valence-electron chi connectivity index (χ1n) is 10.5. The summed E-state index contributed by atoms with van der Waals surface area (Å²) < 4.78 is 40.8. The van der Waals surface area contributed by atoms with E-state index in [1.54, 1.807) is 25.4 Å². The van der Waals surface area contributed by atoms with Crippen molar-refractivity contribution in [2.75, 3.05) is 29.9 Å². The molecule has 1 unspecified atom stereocenters. The predicted molar refractivity (Wildman–Crippen MR) is 118 cm³/mol. The summed E-state index contributed by atoms with van der Waals surface area (Å²) in [6.45, 7) is 3.22. The summed E-state index contributed by atoms with van der Waals surface area (Å²) in [6, 6.07) is 6.54. The largest absolute Gasteiger partial charge is 0.573 e. The molecule has 8 nitrogen and oxygen atoms in total. The Labute approximate surface area is 193 Å².